The summed E-state index contributed by atoms with van der Waals surface area (Å²) in [7, 11) is 0. The maximum Gasteiger partial charge on any atom is 0.0545 e. The summed E-state index contributed by atoms with van der Waals surface area (Å²) < 4.78 is 0. The van der Waals surface area contributed by atoms with Crippen molar-refractivity contribution in [1.29, 1.82) is 0 Å². The van der Waals surface area contributed by atoms with Crippen molar-refractivity contribution in [3.8, 4) is 0 Å². The zero-order valence-corrected chi connectivity index (χ0v) is 6.74. The van der Waals surface area contributed by atoms with Crippen LogP contribution in [0, 0.1) is 11.8 Å². The molecule has 2 fully saturated rings. The second kappa shape index (κ2) is 2.76. The Balaban J connectivity index is 1.97. The minimum absolute atomic E-state index is 0.0738. The fourth-order valence-electron chi connectivity index (χ4n) is 2.70. The van der Waals surface area contributed by atoms with E-state index in [2.05, 4.69) is 0 Å². The van der Waals surface area contributed by atoms with Gasteiger partial charge in [0, 0.05) is 0 Å². The maximum atomic E-state index is 9.36. The second-order valence-electron chi connectivity index (χ2n) is 4.11. The van der Waals surface area contributed by atoms with Crippen molar-refractivity contribution in [2.45, 2.75) is 44.3 Å². The van der Waals surface area contributed by atoms with Crippen molar-refractivity contribution in [2.75, 3.05) is 0 Å². The second-order valence-corrected chi connectivity index (χ2v) is 4.11. The molecule has 2 unspecified atom stereocenters. The van der Waals surface area contributed by atoms with E-state index in [1.807, 2.05) is 0 Å². The van der Waals surface area contributed by atoms with Gasteiger partial charge in [0.05, 0.1) is 12.2 Å². The monoisotopic (exact) mass is 156 g/mol. The van der Waals surface area contributed by atoms with Crippen LogP contribution in [0.4, 0.5) is 0 Å². The van der Waals surface area contributed by atoms with Crippen molar-refractivity contribution < 1.29 is 10.2 Å². The van der Waals surface area contributed by atoms with Gasteiger partial charge in [0.2, 0.25) is 0 Å². The Morgan fingerprint density at radius 1 is 0.727 bits per heavy atom. The normalized spacial score (nSPS) is 50.7. The molecular weight excluding hydrogens is 140 g/mol. The smallest absolute Gasteiger partial charge is 0.0545 e. The van der Waals surface area contributed by atoms with Crippen molar-refractivity contribution in [1.82, 2.24) is 0 Å². The Labute approximate surface area is 67.2 Å². The van der Waals surface area contributed by atoms with Crippen molar-refractivity contribution in [2.24, 2.45) is 11.8 Å². The van der Waals surface area contributed by atoms with Gasteiger partial charge in [-0.3, -0.25) is 0 Å². The van der Waals surface area contributed by atoms with Crippen LogP contribution in [0.5, 0.6) is 0 Å². The van der Waals surface area contributed by atoms with Crippen molar-refractivity contribution >= 4 is 0 Å². The zero-order valence-electron chi connectivity index (χ0n) is 6.74. The first kappa shape index (κ1) is 7.56. The molecule has 2 N–H and O–H groups in total. The largest absolute Gasteiger partial charge is 0.393 e. The highest BCUT2D eigenvalue weighted by molar-refractivity contribution is 4.88. The summed E-state index contributed by atoms with van der Waals surface area (Å²) in [4.78, 5) is 0. The van der Waals surface area contributed by atoms with Gasteiger partial charge in [-0.05, 0) is 43.9 Å². The third-order valence-corrected chi connectivity index (χ3v) is 3.26. The number of aliphatic hydroxyl groups excluding tert-OH is 2. The molecule has 0 aromatic rings. The van der Waals surface area contributed by atoms with Crippen LogP contribution in [0.2, 0.25) is 0 Å². The average molecular weight is 156 g/mol. The molecule has 0 aromatic carbocycles. The molecule has 2 saturated carbocycles. The Kier molecular flexibility index (Phi) is 1.90. The van der Waals surface area contributed by atoms with Gasteiger partial charge in [-0.1, -0.05) is 0 Å². The van der Waals surface area contributed by atoms with E-state index in [0.29, 0.717) is 11.8 Å². The highest BCUT2D eigenvalue weighted by atomic mass is 16.3. The molecule has 2 heteroatoms. The molecule has 0 heterocycles. The molecule has 2 nitrogen and oxygen atoms in total. The van der Waals surface area contributed by atoms with E-state index in [9.17, 15) is 10.2 Å². The third kappa shape index (κ3) is 1.42. The van der Waals surface area contributed by atoms with Gasteiger partial charge in [0.1, 0.15) is 0 Å². The van der Waals surface area contributed by atoms with Gasteiger partial charge in [-0.2, -0.15) is 0 Å². The zero-order chi connectivity index (χ0) is 7.84. The van der Waals surface area contributed by atoms with Gasteiger partial charge >= 0.3 is 0 Å². The van der Waals surface area contributed by atoms with E-state index in [1.165, 1.54) is 0 Å². The molecule has 4 atom stereocenters. The van der Waals surface area contributed by atoms with E-state index in [0.717, 1.165) is 32.1 Å². The molecule has 11 heavy (non-hydrogen) atoms. The highest BCUT2D eigenvalue weighted by Crippen LogP contribution is 2.42. The summed E-state index contributed by atoms with van der Waals surface area (Å²) in [6.07, 6.45) is 4.77. The SMILES string of the molecule is OC1CC[C@@H]2CC(O)C[C@@H]2C1. The Hall–Kier alpha value is -0.0800. The number of fused-ring (bicyclic) bond motifs is 1. The van der Waals surface area contributed by atoms with E-state index >= 15 is 0 Å². The summed E-state index contributed by atoms with van der Waals surface area (Å²) in [5.41, 5.74) is 0. The molecule has 2 rings (SSSR count). The predicted octanol–water partition coefficient (Wildman–Crippen LogP) is 0.918. The molecule has 0 bridgehead atoms. The molecule has 0 spiro atoms. The highest BCUT2D eigenvalue weighted by Gasteiger charge is 2.37. The first-order valence-corrected chi connectivity index (χ1v) is 4.62. The van der Waals surface area contributed by atoms with Crippen LogP contribution < -0.4 is 0 Å². The van der Waals surface area contributed by atoms with Crippen LogP contribution in [-0.4, -0.2) is 22.4 Å². The topological polar surface area (TPSA) is 40.5 Å². The molecular formula is C9H16O2. The lowest BCUT2D eigenvalue weighted by molar-refractivity contribution is 0.0803. The number of hydrogen-bond donors (Lipinski definition) is 2. The van der Waals surface area contributed by atoms with Gasteiger partial charge in [-0.25, -0.2) is 0 Å². The molecule has 2 aliphatic rings. The fourth-order valence-corrected chi connectivity index (χ4v) is 2.70. The van der Waals surface area contributed by atoms with Gasteiger partial charge < -0.3 is 10.2 Å². The minimum Gasteiger partial charge on any atom is -0.393 e. The van der Waals surface area contributed by atoms with Crippen molar-refractivity contribution in [3.05, 3.63) is 0 Å². The fraction of sp³-hybridized carbons (Fsp3) is 1.00. The summed E-state index contributed by atoms with van der Waals surface area (Å²) in [5.74, 6) is 1.34. The standard InChI is InChI=1S/C9H16O2/c10-8-2-1-6-3-9(11)5-7(6)4-8/h6-11H,1-5H2/t6-,7+,8?,9?/m1/s1. The third-order valence-electron chi connectivity index (χ3n) is 3.26. The van der Waals surface area contributed by atoms with E-state index in [1.54, 1.807) is 0 Å². The lowest BCUT2D eigenvalue weighted by Gasteiger charge is -2.28. The first-order valence-electron chi connectivity index (χ1n) is 4.62. The number of aliphatic hydroxyl groups is 2. The van der Waals surface area contributed by atoms with Gasteiger partial charge in [-0.15, -0.1) is 0 Å². The van der Waals surface area contributed by atoms with E-state index < -0.39 is 0 Å². The van der Waals surface area contributed by atoms with Crippen LogP contribution >= 0.6 is 0 Å². The average Bonchev–Trinajstić information content (AvgIpc) is 2.27. The molecule has 0 amide bonds. The lowest BCUT2D eigenvalue weighted by Crippen LogP contribution is -2.23. The molecule has 64 valence electrons. The van der Waals surface area contributed by atoms with Gasteiger partial charge in [0.15, 0.2) is 0 Å². The Morgan fingerprint density at radius 2 is 1.36 bits per heavy atom. The first-order chi connectivity index (χ1) is 5.25. The predicted molar refractivity (Wildman–Crippen MR) is 42.1 cm³/mol. The number of hydrogen-bond acceptors (Lipinski definition) is 2. The van der Waals surface area contributed by atoms with Crippen LogP contribution in [0.1, 0.15) is 32.1 Å². The van der Waals surface area contributed by atoms with Crippen LogP contribution in [-0.2, 0) is 0 Å². The van der Waals surface area contributed by atoms with Crippen LogP contribution in [0.25, 0.3) is 0 Å². The maximum absolute atomic E-state index is 9.36. The quantitative estimate of drug-likeness (QED) is 0.547. The van der Waals surface area contributed by atoms with E-state index in [-0.39, 0.29) is 12.2 Å². The van der Waals surface area contributed by atoms with Crippen LogP contribution in [0.3, 0.4) is 0 Å². The molecule has 0 saturated heterocycles. The Morgan fingerprint density at radius 3 is 2.18 bits per heavy atom. The minimum atomic E-state index is -0.0819. The van der Waals surface area contributed by atoms with Gasteiger partial charge in [0.25, 0.3) is 0 Å². The summed E-state index contributed by atoms with van der Waals surface area (Å²) in [6, 6.07) is 0. The van der Waals surface area contributed by atoms with Crippen molar-refractivity contribution in [3.63, 3.8) is 0 Å². The molecule has 0 radical (unpaired) electrons. The lowest BCUT2D eigenvalue weighted by atomic mass is 9.80. The summed E-state index contributed by atoms with van der Waals surface area (Å²) in [5, 5.41) is 18.7. The molecule has 0 aromatic heterocycles. The number of rotatable bonds is 0. The van der Waals surface area contributed by atoms with Crippen LogP contribution in [0.15, 0.2) is 0 Å². The summed E-state index contributed by atoms with van der Waals surface area (Å²) >= 11 is 0. The molecule has 2 aliphatic carbocycles. The van der Waals surface area contributed by atoms with E-state index in [4.69, 9.17) is 0 Å². The molecule has 0 aliphatic heterocycles. The Bertz CT molecular complexity index is 146. The summed E-state index contributed by atoms with van der Waals surface area (Å²) in [6.45, 7) is 0.